The molecule has 0 aliphatic heterocycles. The molecule has 0 aliphatic carbocycles. The van der Waals surface area contributed by atoms with Gasteiger partial charge in [-0.3, -0.25) is 0 Å². The molecular weight excluding hydrogens is 234 g/mol. The third-order valence-corrected chi connectivity index (χ3v) is 3.52. The Hall–Kier alpha value is -1.18. The smallest absolute Gasteiger partial charge is 0.119 e. The summed E-state index contributed by atoms with van der Waals surface area (Å²) in [5.41, 5.74) is 1.17. The molecule has 1 atom stereocenters. The lowest BCUT2D eigenvalue weighted by molar-refractivity contribution is 0.305. The topological polar surface area (TPSA) is 21.3 Å². The summed E-state index contributed by atoms with van der Waals surface area (Å²) in [4.78, 5) is 0. The Balaban J connectivity index is 2.31. The van der Waals surface area contributed by atoms with Crippen LogP contribution in [-0.4, -0.2) is 12.6 Å². The summed E-state index contributed by atoms with van der Waals surface area (Å²) in [5, 5.41) is 3.50. The van der Waals surface area contributed by atoms with Crippen LogP contribution in [0.5, 0.6) is 5.75 Å². The molecule has 0 amide bonds. The molecule has 1 unspecified atom stereocenters. The molecule has 1 rings (SSSR count). The average molecular weight is 263 g/mol. The van der Waals surface area contributed by atoms with Crippen molar-refractivity contribution in [2.45, 2.75) is 59.4 Å². The Morgan fingerprint density at radius 1 is 1.00 bits per heavy atom. The summed E-state index contributed by atoms with van der Waals surface area (Å²) in [7, 11) is 0. The zero-order chi connectivity index (χ0) is 14.1. The van der Waals surface area contributed by atoms with Crippen LogP contribution in [0.2, 0.25) is 0 Å². The van der Waals surface area contributed by atoms with Gasteiger partial charge in [0, 0.05) is 11.7 Å². The van der Waals surface area contributed by atoms with Crippen molar-refractivity contribution in [1.29, 1.82) is 0 Å². The molecule has 0 aliphatic rings. The van der Waals surface area contributed by atoms with Gasteiger partial charge in [0.2, 0.25) is 0 Å². The molecule has 0 saturated carbocycles. The van der Waals surface area contributed by atoms with E-state index in [1.807, 2.05) is 0 Å². The fourth-order valence-corrected chi connectivity index (χ4v) is 1.80. The zero-order valence-electron chi connectivity index (χ0n) is 12.9. The van der Waals surface area contributed by atoms with Gasteiger partial charge in [0.05, 0.1) is 6.61 Å². The molecule has 2 nitrogen and oxygen atoms in total. The van der Waals surface area contributed by atoms with Gasteiger partial charge >= 0.3 is 0 Å². The third-order valence-electron chi connectivity index (χ3n) is 3.52. The summed E-state index contributed by atoms with van der Waals surface area (Å²) in [6, 6.07) is 8.78. The first-order chi connectivity index (χ1) is 9.13. The van der Waals surface area contributed by atoms with Gasteiger partial charge in [0.25, 0.3) is 0 Å². The van der Waals surface area contributed by atoms with Crippen LogP contribution in [0.4, 0.5) is 5.69 Å². The highest BCUT2D eigenvalue weighted by atomic mass is 16.5. The summed E-state index contributed by atoms with van der Waals surface area (Å²) in [6.07, 6.45) is 4.99. The highest BCUT2D eigenvalue weighted by Gasteiger charge is 2.06. The van der Waals surface area contributed by atoms with E-state index in [1.165, 1.54) is 24.9 Å². The molecule has 19 heavy (non-hydrogen) atoms. The largest absolute Gasteiger partial charge is 0.494 e. The van der Waals surface area contributed by atoms with Crippen molar-refractivity contribution in [3.05, 3.63) is 24.3 Å². The summed E-state index contributed by atoms with van der Waals surface area (Å²) in [5.74, 6) is 1.61. The van der Waals surface area contributed by atoms with Gasteiger partial charge < -0.3 is 10.1 Å². The van der Waals surface area contributed by atoms with Crippen LogP contribution in [-0.2, 0) is 0 Å². The van der Waals surface area contributed by atoms with Crippen molar-refractivity contribution >= 4 is 5.69 Å². The molecule has 1 aromatic carbocycles. The zero-order valence-corrected chi connectivity index (χ0v) is 12.9. The van der Waals surface area contributed by atoms with Crippen molar-refractivity contribution in [3.8, 4) is 5.75 Å². The van der Waals surface area contributed by atoms with E-state index >= 15 is 0 Å². The molecule has 0 aromatic heterocycles. The van der Waals surface area contributed by atoms with Crippen molar-refractivity contribution in [2.24, 2.45) is 5.92 Å². The minimum atomic E-state index is 0.487. The molecule has 108 valence electrons. The van der Waals surface area contributed by atoms with E-state index < -0.39 is 0 Å². The van der Waals surface area contributed by atoms with Gasteiger partial charge in [0.15, 0.2) is 0 Å². The number of benzene rings is 1. The van der Waals surface area contributed by atoms with Crippen molar-refractivity contribution in [2.75, 3.05) is 11.9 Å². The van der Waals surface area contributed by atoms with Gasteiger partial charge in [-0.05, 0) is 43.5 Å². The number of rotatable bonds is 9. The Bertz CT molecular complexity index is 332. The van der Waals surface area contributed by atoms with Crippen molar-refractivity contribution < 1.29 is 4.74 Å². The molecule has 0 fully saturated rings. The van der Waals surface area contributed by atoms with Gasteiger partial charge in [-0.25, -0.2) is 0 Å². The lowest BCUT2D eigenvalue weighted by Crippen LogP contribution is -2.21. The normalized spacial score (nSPS) is 12.5. The highest BCUT2D eigenvalue weighted by Crippen LogP contribution is 2.18. The molecule has 1 aromatic rings. The second-order valence-electron chi connectivity index (χ2n) is 5.61. The minimum absolute atomic E-state index is 0.487. The van der Waals surface area contributed by atoms with E-state index in [0.29, 0.717) is 12.0 Å². The van der Waals surface area contributed by atoms with E-state index in [9.17, 15) is 0 Å². The molecule has 0 spiro atoms. The number of hydrogen-bond donors (Lipinski definition) is 1. The predicted octanol–water partition coefficient (Wildman–Crippen LogP) is 5.10. The number of ether oxygens (including phenoxy) is 1. The lowest BCUT2D eigenvalue weighted by atomic mass is 10.1. The van der Waals surface area contributed by atoms with Crippen molar-refractivity contribution in [3.63, 3.8) is 0 Å². The maximum absolute atomic E-state index is 5.73. The van der Waals surface area contributed by atoms with E-state index in [-0.39, 0.29) is 0 Å². The van der Waals surface area contributed by atoms with E-state index in [0.717, 1.165) is 18.8 Å². The monoisotopic (exact) mass is 263 g/mol. The molecular formula is C17H29NO. The Labute approximate surface area is 118 Å². The standard InChI is InChI=1S/C17H29NO/c1-5-6-7-8-13-19-17-11-9-16(10-12-17)18-15(4)14(2)3/h9-12,14-15,18H,5-8,13H2,1-4H3. The number of hydrogen-bond acceptors (Lipinski definition) is 2. The number of anilines is 1. The molecule has 1 N–H and O–H groups in total. The highest BCUT2D eigenvalue weighted by molar-refractivity contribution is 5.47. The van der Waals surface area contributed by atoms with E-state index in [4.69, 9.17) is 4.74 Å². The first-order valence-corrected chi connectivity index (χ1v) is 7.63. The van der Waals surface area contributed by atoms with E-state index in [1.54, 1.807) is 0 Å². The lowest BCUT2D eigenvalue weighted by Gasteiger charge is -2.19. The third kappa shape index (κ3) is 6.51. The second-order valence-corrected chi connectivity index (χ2v) is 5.61. The predicted molar refractivity (Wildman–Crippen MR) is 84.0 cm³/mol. The average Bonchev–Trinajstić information content (AvgIpc) is 2.40. The van der Waals surface area contributed by atoms with Crippen LogP contribution in [0.25, 0.3) is 0 Å². The molecule has 2 heteroatoms. The van der Waals surface area contributed by atoms with Crippen LogP contribution in [0.1, 0.15) is 53.4 Å². The summed E-state index contributed by atoms with van der Waals surface area (Å²) in [6.45, 7) is 9.72. The number of nitrogens with one attached hydrogen (secondary N) is 1. The molecule has 0 bridgehead atoms. The fourth-order valence-electron chi connectivity index (χ4n) is 1.80. The Kier molecular flexibility index (Phi) is 7.39. The quantitative estimate of drug-likeness (QED) is 0.626. The summed E-state index contributed by atoms with van der Waals surface area (Å²) >= 11 is 0. The molecule has 0 heterocycles. The van der Waals surface area contributed by atoms with Gasteiger partial charge in [-0.2, -0.15) is 0 Å². The molecule has 0 saturated heterocycles. The first-order valence-electron chi connectivity index (χ1n) is 7.63. The number of unbranched alkanes of at least 4 members (excludes halogenated alkanes) is 3. The van der Waals surface area contributed by atoms with Gasteiger partial charge in [-0.15, -0.1) is 0 Å². The van der Waals surface area contributed by atoms with Crippen molar-refractivity contribution in [1.82, 2.24) is 0 Å². The second kappa shape index (κ2) is 8.84. The van der Waals surface area contributed by atoms with Gasteiger partial charge in [0.1, 0.15) is 5.75 Å². The maximum Gasteiger partial charge on any atom is 0.119 e. The fraction of sp³-hybridized carbons (Fsp3) is 0.647. The maximum atomic E-state index is 5.73. The van der Waals surface area contributed by atoms with Crippen LogP contribution >= 0.6 is 0 Å². The van der Waals surface area contributed by atoms with E-state index in [2.05, 4.69) is 57.3 Å². The SMILES string of the molecule is CCCCCCOc1ccc(NC(C)C(C)C)cc1. The summed E-state index contributed by atoms with van der Waals surface area (Å²) < 4.78 is 5.73. The first kappa shape index (κ1) is 15.9. The minimum Gasteiger partial charge on any atom is -0.494 e. The molecule has 0 radical (unpaired) electrons. The Morgan fingerprint density at radius 3 is 2.26 bits per heavy atom. The van der Waals surface area contributed by atoms with Crippen LogP contribution in [0, 0.1) is 5.92 Å². The van der Waals surface area contributed by atoms with Crippen LogP contribution in [0.3, 0.4) is 0 Å². The Morgan fingerprint density at radius 2 is 1.68 bits per heavy atom. The van der Waals surface area contributed by atoms with Crippen LogP contribution in [0.15, 0.2) is 24.3 Å². The van der Waals surface area contributed by atoms with Gasteiger partial charge in [-0.1, -0.05) is 40.0 Å². The van der Waals surface area contributed by atoms with Crippen LogP contribution < -0.4 is 10.1 Å².